The van der Waals surface area contributed by atoms with Gasteiger partial charge in [0.2, 0.25) is 0 Å². The minimum atomic E-state index is -0.0445. The van der Waals surface area contributed by atoms with E-state index in [0.29, 0.717) is 6.04 Å². The van der Waals surface area contributed by atoms with Crippen LogP contribution in [0.25, 0.3) is 0 Å². The van der Waals surface area contributed by atoms with Gasteiger partial charge in [0.15, 0.2) is 0 Å². The van der Waals surface area contributed by atoms with Crippen molar-refractivity contribution < 1.29 is 5.11 Å². The molecule has 1 fully saturated rings. The molecule has 17 heavy (non-hydrogen) atoms. The van der Waals surface area contributed by atoms with Crippen molar-refractivity contribution in [1.82, 2.24) is 5.32 Å². The standard InChI is InChI=1S/C13H20BrNOS/c1-9(13-6-11(14)8-17-13)15-7-10-2-4-12(16)5-3-10/h6,8-10,12,15-16H,2-5,7H2,1H3. The van der Waals surface area contributed by atoms with Gasteiger partial charge in [-0.1, -0.05) is 0 Å². The maximum atomic E-state index is 9.46. The molecule has 0 radical (unpaired) electrons. The zero-order valence-electron chi connectivity index (χ0n) is 10.2. The van der Waals surface area contributed by atoms with Gasteiger partial charge in [-0.25, -0.2) is 0 Å². The van der Waals surface area contributed by atoms with Crippen LogP contribution in [0.1, 0.15) is 43.5 Å². The Hall–Kier alpha value is 0.1000. The summed E-state index contributed by atoms with van der Waals surface area (Å²) in [5, 5.41) is 15.2. The molecule has 1 aliphatic rings. The van der Waals surface area contributed by atoms with Crippen molar-refractivity contribution in [2.24, 2.45) is 5.92 Å². The number of hydrogen-bond acceptors (Lipinski definition) is 3. The second kappa shape index (κ2) is 6.32. The first-order chi connectivity index (χ1) is 8.15. The van der Waals surface area contributed by atoms with Crippen molar-refractivity contribution in [1.29, 1.82) is 0 Å². The number of nitrogens with one attached hydrogen (secondary N) is 1. The second-order valence-corrected chi connectivity index (χ2v) is 6.83. The van der Waals surface area contributed by atoms with Crippen LogP contribution in [0.15, 0.2) is 15.9 Å². The first-order valence-electron chi connectivity index (χ1n) is 6.30. The number of aliphatic hydroxyl groups is 1. The molecular weight excluding hydrogens is 298 g/mol. The molecule has 0 amide bonds. The van der Waals surface area contributed by atoms with E-state index in [1.807, 2.05) is 0 Å². The van der Waals surface area contributed by atoms with Gasteiger partial charge in [-0.2, -0.15) is 0 Å². The highest BCUT2D eigenvalue weighted by molar-refractivity contribution is 9.10. The first kappa shape index (κ1) is 13.5. The van der Waals surface area contributed by atoms with Crippen LogP contribution in [-0.2, 0) is 0 Å². The molecule has 1 aromatic rings. The van der Waals surface area contributed by atoms with Crippen molar-refractivity contribution in [3.05, 3.63) is 20.8 Å². The van der Waals surface area contributed by atoms with E-state index in [-0.39, 0.29) is 6.10 Å². The predicted octanol–water partition coefficient (Wildman–Crippen LogP) is 3.71. The molecule has 1 saturated carbocycles. The molecule has 2 rings (SSSR count). The van der Waals surface area contributed by atoms with Gasteiger partial charge in [0.1, 0.15) is 0 Å². The van der Waals surface area contributed by atoms with Crippen LogP contribution in [0, 0.1) is 5.92 Å². The number of aliphatic hydroxyl groups excluding tert-OH is 1. The zero-order chi connectivity index (χ0) is 12.3. The molecule has 1 aliphatic carbocycles. The lowest BCUT2D eigenvalue weighted by atomic mass is 9.87. The molecule has 0 saturated heterocycles. The Morgan fingerprint density at radius 1 is 1.47 bits per heavy atom. The minimum absolute atomic E-state index is 0.0445. The molecule has 2 nitrogen and oxygen atoms in total. The van der Waals surface area contributed by atoms with E-state index >= 15 is 0 Å². The van der Waals surface area contributed by atoms with Crippen molar-refractivity contribution in [2.45, 2.75) is 44.8 Å². The molecule has 2 N–H and O–H groups in total. The molecule has 0 bridgehead atoms. The summed E-state index contributed by atoms with van der Waals surface area (Å²) in [6.45, 7) is 3.29. The molecule has 0 aliphatic heterocycles. The smallest absolute Gasteiger partial charge is 0.0540 e. The van der Waals surface area contributed by atoms with Crippen LogP contribution in [0.2, 0.25) is 0 Å². The fourth-order valence-corrected chi connectivity index (χ4v) is 3.83. The maximum Gasteiger partial charge on any atom is 0.0540 e. The van der Waals surface area contributed by atoms with Gasteiger partial charge in [-0.3, -0.25) is 0 Å². The Bertz CT molecular complexity index is 347. The highest BCUT2D eigenvalue weighted by atomic mass is 79.9. The van der Waals surface area contributed by atoms with E-state index in [1.54, 1.807) is 11.3 Å². The van der Waals surface area contributed by atoms with Gasteiger partial charge < -0.3 is 10.4 Å². The predicted molar refractivity (Wildman–Crippen MR) is 76.4 cm³/mol. The third kappa shape index (κ3) is 4.05. The van der Waals surface area contributed by atoms with E-state index in [0.717, 1.165) is 38.1 Å². The highest BCUT2D eigenvalue weighted by Gasteiger charge is 2.19. The summed E-state index contributed by atoms with van der Waals surface area (Å²) in [5.74, 6) is 0.740. The fraction of sp³-hybridized carbons (Fsp3) is 0.692. The summed E-state index contributed by atoms with van der Waals surface area (Å²) >= 11 is 5.28. The average Bonchev–Trinajstić information content (AvgIpc) is 2.75. The van der Waals surface area contributed by atoms with Crippen LogP contribution >= 0.6 is 27.3 Å². The van der Waals surface area contributed by atoms with Gasteiger partial charge >= 0.3 is 0 Å². The van der Waals surface area contributed by atoms with E-state index in [4.69, 9.17) is 0 Å². The molecule has 96 valence electrons. The Kier molecular flexibility index (Phi) is 5.03. The Morgan fingerprint density at radius 3 is 2.76 bits per heavy atom. The lowest BCUT2D eigenvalue weighted by molar-refractivity contribution is 0.108. The summed E-state index contributed by atoms with van der Waals surface area (Å²) in [5.41, 5.74) is 0. The largest absolute Gasteiger partial charge is 0.393 e. The monoisotopic (exact) mass is 317 g/mol. The lowest BCUT2D eigenvalue weighted by Gasteiger charge is -2.26. The van der Waals surface area contributed by atoms with Crippen LogP contribution in [0.3, 0.4) is 0 Å². The van der Waals surface area contributed by atoms with E-state index in [2.05, 4.69) is 39.6 Å². The highest BCUT2D eigenvalue weighted by Crippen LogP contribution is 2.27. The van der Waals surface area contributed by atoms with Crippen LogP contribution in [0.4, 0.5) is 0 Å². The molecule has 1 unspecified atom stereocenters. The molecule has 1 aromatic heterocycles. The number of hydrogen-bond donors (Lipinski definition) is 2. The van der Waals surface area contributed by atoms with Crippen LogP contribution in [-0.4, -0.2) is 17.8 Å². The van der Waals surface area contributed by atoms with Gasteiger partial charge in [0, 0.05) is 20.8 Å². The topological polar surface area (TPSA) is 32.3 Å². The summed E-state index contributed by atoms with van der Waals surface area (Å²) in [7, 11) is 0. The summed E-state index contributed by atoms with van der Waals surface area (Å²) in [6, 6.07) is 2.62. The second-order valence-electron chi connectivity index (χ2n) is 4.97. The third-order valence-corrected chi connectivity index (χ3v) is 5.42. The molecule has 1 heterocycles. The van der Waals surface area contributed by atoms with Gasteiger partial charge in [-0.05, 0) is 67.1 Å². The normalized spacial score (nSPS) is 27.0. The summed E-state index contributed by atoms with van der Waals surface area (Å²) in [6.07, 6.45) is 4.23. The van der Waals surface area contributed by atoms with E-state index in [9.17, 15) is 5.11 Å². The zero-order valence-corrected chi connectivity index (χ0v) is 12.6. The van der Waals surface area contributed by atoms with E-state index in [1.165, 1.54) is 9.35 Å². The van der Waals surface area contributed by atoms with Crippen molar-refractivity contribution in [3.8, 4) is 0 Å². The average molecular weight is 318 g/mol. The van der Waals surface area contributed by atoms with Gasteiger partial charge in [0.25, 0.3) is 0 Å². The SMILES string of the molecule is CC(NCC1CCC(O)CC1)c1cc(Br)cs1. The molecule has 0 aromatic carbocycles. The Labute approximate surface area is 116 Å². The van der Waals surface area contributed by atoms with Gasteiger partial charge in [-0.15, -0.1) is 11.3 Å². The summed E-state index contributed by atoms with van der Waals surface area (Å²) in [4.78, 5) is 1.38. The lowest BCUT2D eigenvalue weighted by Crippen LogP contribution is -2.29. The molecule has 4 heteroatoms. The molecule has 1 atom stereocenters. The number of halogens is 1. The Balaban J connectivity index is 1.74. The van der Waals surface area contributed by atoms with E-state index < -0.39 is 0 Å². The third-order valence-electron chi connectivity index (χ3n) is 3.54. The van der Waals surface area contributed by atoms with Gasteiger partial charge in [0.05, 0.1) is 6.10 Å². The summed E-state index contributed by atoms with van der Waals surface area (Å²) < 4.78 is 1.17. The number of rotatable bonds is 4. The number of thiophene rings is 1. The van der Waals surface area contributed by atoms with Crippen molar-refractivity contribution in [3.63, 3.8) is 0 Å². The first-order valence-corrected chi connectivity index (χ1v) is 7.98. The molecular formula is C13H20BrNOS. The maximum absolute atomic E-state index is 9.46. The minimum Gasteiger partial charge on any atom is -0.393 e. The van der Waals surface area contributed by atoms with Crippen LogP contribution in [0.5, 0.6) is 0 Å². The van der Waals surface area contributed by atoms with Crippen molar-refractivity contribution in [2.75, 3.05) is 6.54 Å². The quantitative estimate of drug-likeness (QED) is 0.887. The van der Waals surface area contributed by atoms with Crippen LogP contribution < -0.4 is 5.32 Å². The Morgan fingerprint density at radius 2 is 2.18 bits per heavy atom. The van der Waals surface area contributed by atoms with Crippen molar-refractivity contribution >= 4 is 27.3 Å². The fourth-order valence-electron chi connectivity index (χ4n) is 2.35. The molecule has 0 spiro atoms.